The predicted molar refractivity (Wildman–Crippen MR) is 145 cm³/mol. The highest BCUT2D eigenvalue weighted by Gasteiger charge is 2.69. The molecule has 1 aromatic heterocycles. The smallest absolute Gasteiger partial charge is 0.375 e. The first-order valence-electron chi connectivity index (χ1n) is 13.6. The number of aliphatic hydroxyl groups is 1. The molecule has 2 aliphatic carbocycles. The van der Waals surface area contributed by atoms with Gasteiger partial charge in [-0.05, 0) is 50.3 Å². The number of esters is 3. The van der Waals surface area contributed by atoms with Gasteiger partial charge in [0.05, 0.1) is 5.56 Å². The number of aromatic nitrogens is 1. The first-order valence-corrected chi connectivity index (χ1v) is 13.6. The maximum absolute atomic E-state index is 13.4. The summed E-state index contributed by atoms with van der Waals surface area (Å²) in [5.74, 6) is -3.83. The number of pyridine rings is 1. The van der Waals surface area contributed by atoms with Gasteiger partial charge < -0.3 is 19.3 Å². The average Bonchev–Trinajstić information content (AvgIpc) is 3.34. The molecule has 3 aliphatic rings. The number of nitrogens with zero attached hydrogens (tertiary/aromatic N) is 1. The molecule has 0 radical (unpaired) electrons. The highest BCUT2D eigenvalue weighted by Crippen LogP contribution is 2.63. The van der Waals surface area contributed by atoms with Crippen molar-refractivity contribution in [1.82, 2.24) is 4.98 Å². The van der Waals surface area contributed by atoms with Gasteiger partial charge in [0.15, 0.2) is 12.2 Å². The number of hydrogen-bond donors (Lipinski definition) is 1. The molecule has 0 saturated heterocycles. The Morgan fingerprint density at radius 1 is 1.18 bits per heavy atom. The molecule has 9 nitrogen and oxygen atoms in total. The van der Waals surface area contributed by atoms with E-state index in [4.69, 9.17) is 14.2 Å². The molecule has 0 amide bonds. The summed E-state index contributed by atoms with van der Waals surface area (Å²) in [5, 5.41) is 12.4. The summed E-state index contributed by atoms with van der Waals surface area (Å²) in [4.78, 5) is 54.7. The average molecular weight is 552 g/mol. The van der Waals surface area contributed by atoms with Gasteiger partial charge in [0.1, 0.15) is 12.2 Å². The third kappa shape index (κ3) is 4.91. The van der Waals surface area contributed by atoms with Crippen LogP contribution >= 0.6 is 0 Å². The molecule has 0 bridgehead atoms. The van der Waals surface area contributed by atoms with Crippen molar-refractivity contribution in [2.45, 2.75) is 72.2 Å². The molecule has 0 aromatic carbocycles. The molecule has 1 saturated carbocycles. The van der Waals surface area contributed by atoms with Gasteiger partial charge in [-0.2, -0.15) is 0 Å². The second kappa shape index (κ2) is 10.8. The summed E-state index contributed by atoms with van der Waals surface area (Å²) in [6.45, 7) is 10.6. The molecule has 9 heteroatoms. The van der Waals surface area contributed by atoms with Crippen molar-refractivity contribution in [3.05, 3.63) is 65.5 Å². The van der Waals surface area contributed by atoms with Crippen molar-refractivity contribution in [1.29, 1.82) is 0 Å². The molecule has 6 atom stereocenters. The number of Topliss-reactive ketones (excluding diaryl/α,β-unsaturated/α-hetero) is 1. The fourth-order valence-electron chi connectivity index (χ4n) is 6.36. The minimum absolute atomic E-state index is 0.116. The summed E-state index contributed by atoms with van der Waals surface area (Å²) in [7, 11) is 0. The Morgan fingerprint density at radius 2 is 1.90 bits per heavy atom. The van der Waals surface area contributed by atoms with Crippen molar-refractivity contribution in [3.63, 3.8) is 0 Å². The molecule has 0 spiro atoms. The van der Waals surface area contributed by atoms with Gasteiger partial charge in [-0.1, -0.05) is 51.5 Å². The summed E-state index contributed by atoms with van der Waals surface area (Å²) in [6.07, 6.45) is 8.73. The summed E-state index contributed by atoms with van der Waals surface area (Å²) >= 11 is 0. The molecule has 214 valence electrons. The second-order valence-corrected chi connectivity index (χ2v) is 11.8. The van der Waals surface area contributed by atoms with Crippen LogP contribution in [0.4, 0.5) is 0 Å². The number of hydrogen-bond acceptors (Lipinski definition) is 9. The number of ether oxygens (including phenoxy) is 3. The highest BCUT2D eigenvalue weighted by atomic mass is 16.6. The van der Waals surface area contributed by atoms with Crippen LogP contribution in [0.1, 0.15) is 64.7 Å². The second-order valence-electron chi connectivity index (χ2n) is 11.8. The molecule has 40 heavy (non-hydrogen) atoms. The van der Waals surface area contributed by atoms with E-state index in [2.05, 4.69) is 11.1 Å². The van der Waals surface area contributed by atoms with E-state index in [0.717, 1.165) is 12.0 Å². The van der Waals surface area contributed by atoms with E-state index in [9.17, 15) is 24.3 Å². The quantitative estimate of drug-likeness (QED) is 0.232. The first kappa shape index (κ1) is 29.4. The van der Waals surface area contributed by atoms with Crippen molar-refractivity contribution in [2.24, 2.45) is 22.7 Å². The fourth-order valence-corrected chi connectivity index (χ4v) is 6.36. The van der Waals surface area contributed by atoms with Crippen LogP contribution in [0.15, 0.2) is 60.0 Å². The van der Waals surface area contributed by atoms with Crippen LogP contribution in [0.2, 0.25) is 0 Å². The largest absolute Gasteiger partial charge is 0.458 e. The van der Waals surface area contributed by atoms with E-state index in [-0.39, 0.29) is 18.1 Å². The molecule has 1 fully saturated rings. The van der Waals surface area contributed by atoms with Gasteiger partial charge in [-0.3, -0.25) is 9.78 Å². The van der Waals surface area contributed by atoms with E-state index in [0.29, 0.717) is 12.0 Å². The molecule has 1 aromatic rings. The number of rotatable bonds is 7. The van der Waals surface area contributed by atoms with Crippen LogP contribution in [0.25, 0.3) is 0 Å². The normalized spacial score (nSPS) is 33.6. The third-order valence-electron chi connectivity index (χ3n) is 9.13. The lowest BCUT2D eigenvalue weighted by molar-refractivity contribution is -0.257. The number of cyclic esters (lactones) is 1. The van der Waals surface area contributed by atoms with Gasteiger partial charge in [0.2, 0.25) is 5.78 Å². The van der Waals surface area contributed by atoms with Crippen LogP contribution in [0, 0.1) is 22.7 Å². The lowest BCUT2D eigenvalue weighted by Crippen LogP contribution is -2.72. The first-order chi connectivity index (χ1) is 18.7. The number of allylic oxidation sites excluding steroid dienone is 1. The van der Waals surface area contributed by atoms with E-state index in [1.54, 1.807) is 32.9 Å². The minimum atomic E-state index is -1.78. The zero-order valence-electron chi connectivity index (χ0n) is 23.8. The highest BCUT2D eigenvalue weighted by molar-refractivity contribution is 6.34. The van der Waals surface area contributed by atoms with Crippen LogP contribution in [-0.2, 0) is 28.6 Å². The van der Waals surface area contributed by atoms with Crippen molar-refractivity contribution in [2.75, 3.05) is 6.61 Å². The maximum Gasteiger partial charge on any atom is 0.375 e. The number of fused-ring (bicyclic) bond motifs is 1. The topological polar surface area (TPSA) is 129 Å². The Kier molecular flexibility index (Phi) is 7.91. The van der Waals surface area contributed by atoms with Gasteiger partial charge in [-0.25, -0.2) is 14.4 Å². The monoisotopic (exact) mass is 551 g/mol. The number of ketones is 1. The Morgan fingerprint density at radius 3 is 2.50 bits per heavy atom. The molecule has 2 heterocycles. The predicted octanol–water partition coefficient (Wildman–Crippen LogP) is 3.92. The Bertz CT molecular complexity index is 1290. The Labute approximate surface area is 234 Å². The fraction of sp³-hybridized carbons (Fsp3) is 0.516. The Hall–Kier alpha value is -3.59. The lowest BCUT2D eigenvalue weighted by atomic mass is 9.44. The zero-order chi connectivity index (χ0) is 29.5. The zero-order valence-corrected chi connectivity index (χ0v) is 23.8. The van der Waals surface area contributed by atoms with E-state index in [1.807, 2.05) is 26.8 Å². The van der Waals surface area contributed by atoms with Crippen molar-refractivity contribution >= 4 is 23.7 Å². The molecular weight excluding hydrogens is 514 g/mol. The SMILES string of the molecule is CC1=CCC[C@H]2[C@@]1(C)[C@@H](OC(=O)C(=O)C(C)C)[C@H](OC(=O)c1cccnc1)[C@](C)(O)[C@]2(C)/C=C/C1=CC(=O)OC1. The third-order valence-corrected chi connectivity index (χ3v) is 9.13. The van der Waals surface area contributed by atoms with Crippen molar-refractivity contribution < 1.29 is 38.5 Å². The Balaban J connectivity index is 1.87. The molecule has 0 unspecified atom stereocenters. The summed E-state index contributed by atoms with van der Waals surface area (Å²) < 4.78 is 17.0. The van der Waals surface area contributed by atoms with E-state index in [1.165, 1.54) is 24.5 Å². The number of carbonyl (C=O) groups excluding carboxylic acids is 4. The van der Waals surface area contributed by atoms with Gasteiger partial charge in [-0.15, -0.1) is 0 Å². The van der Waals surface area contributed by atoms with Gasteiger partial charge >= 0.3 is 17.9 Å². The standard InChI is InChI=1S/C31H37NO8/c1-18(2)24(34)28(36)39-25-26(40-27(35)21-10-8-14-32-16-21)31(6,37)29(4,13-12-20-15-23(33)38-17-20)22-11-7-9-19(3)30(22,25)5/h8-10,12-16,18,22,25-26,37H,7,11,17H2,1-6H3/b13-12+/t22-,25+,26+,29-,30+,31+/m1/s1. The molecule has 1 aliphatic heterocycles. The van der Waals surface area contributed by atoms with Crippen LogP contribution < -0.4 is 0 Å². The minimum Gasteiger partial charge on any atom is -0.458 e. The summed E-state index contributed by atoms with van der Waals surface area (Å²) in [6, 6.07) is 3.13. The molecular formula is C31H37NO8. The lowest BCUT2D eigenvalue weighted by Gasteiger charge is -2.64. The number of carbonyl (C=O) groups is 4. The van der Waals surface area contributed by atoms with Gasteiger partial charge in [0.25, 0.3) is 0 Å². The van der Waals surface area contributed by atoms with Crippen LogP contribution in [0.5, 0.6) is 0 Å². The maximum atomic E-state index is 13.4. The van der Waals surface area contributed by atoms with Gasteiger partial charge in [0, 0.05) is 35.2 Å². The van der Waals surface area contributed by atoms with Crippen LogP contribution in [-0.4, -0.2) is 58.2 Å². The van der Waals surface area contributed by atoms with E-state index < -0.39 is 58.2 Å². The molecule has 4 rings (SSSR count). The van der Waals surface area contributed by atoms with Crippen molar-refractivity contribution in [3.8, 4) is 0 Å². The van der Waals surface area contributed by atoms with Crippen LogP contribution in [0.3, 0.4) is 0 Å². The molecule has 1 N–H and O–H groups in total. The van der Waals surface area contributed by atoms with E-state index >= 15 is 0 Å². The summed E-state index contributed by atoms with van der Waals surface area (Å²) in [5.41, 5.74) is -2.02.